The molecule has 0 bridgehead atoms. The van der Waals surface area contributed by atoms with Gasteiger partial charge in [0.1, 0.15) is 11.5 Å². The molecule has 8 heteroatoms. The number of amides is 3. The van der Waals surface area contributed by atoms with Crippen molar-refractivity contribution in [2.24, 2.45) is 0 Å². The van der Waals surface area contributed by atoms with Crippen molar-refractivity contribution in [3.05, 3.63) is 114 Å². The summed E-state index contributed by atoms with van der Waals surface area (Å²) in [5.41, 5.74) is 1.64. The lowest BCUT2D eigenvalue weighted by Crippen LogP contribution is -2.25. The summed E-state index contributed by atoms with van der Waals surface area (Å²) in [7, 11) is 1.55. The fourth-order valence-electron chi connectivity index (χ4n) is 3.38. The third-order valence-corrected chi connectivity index (χ3v) is 5.20. The molecule has 8 nitrogen and oxygen atoms in total. The fraction of sp³-hybridized carbons (Fsp3) is 0.0741. The molecule has 0 unspecified atom stereocenters. The molecule has 176 valence electrons. The highest BCUT2D eigenvalue weighted by Crippen LogP contribution is 2.21. The number of rotatable bonds is 8. The lowest BCUT2D eigenvalue weighted by atomic mass is 10.1. The van der Waals surface area contributed by atoms with Crippen molar-refractivity contribution < 1.29 is 23.5 Å². The summed E-state index contributed by atoms with van der Waals surface area (Å²) in [6.45, 7) is 0.217. The monoisotopic (exact) mass is 469 g/mol. The summed E-state index contributed by atoms with van der Waals surface area (Å²) in [6.07, 6.45) is 1.53. The molecule has 0 saturated heterocycles. The molecule has 4 aromatic rings. The van der Waals surface area contributed by atoms with Crippen LogP contribution < -0.4 is 20.7 Å². The number of hydrogen-bond donors (Lipinski definition) is 3. The van der Waals surface area contributed by atoms with E-state index >= 15 is 0 Å². The first kappa shape index (κ1) is 23.3. The van der Waals surface area contributed by atoms with E-state index in [0.717, 1.165) is 0 Å². The smallest absolute Gasteiger partial charge is 0.257 e. The van der Waals surface area contributed by atoms with E-state index in [2.05, 4.69) is 16.0 Å². The zero-order valence-corrected chi connectivity index (χ0v) is 18.9. The Hall–Kier alpha value is -4.85. The van der Waals surface area contributed by atoms with Crippen LogP contribution >= 0.6 is 0 Å². The molecule has 3 aromatic carbocycles. The average molecular weight is 469 g/mol. The van der Waals surface area contributed by atoms with Crippen LogP contribution in [0.2, 0.25) is 0 Å². The number of carbonyl (C=O) groups is 3. The number of methoxy groups -OCH3 is 1. The highest BCUT2D eigenvalue weighted by molar-refractivity contribution is 6.14. The Balaban J connectivity index is 1.49. The molecule has 35 heavy (non-hydrogen) atoms. The molecule has 1 heterocycles. The van der Waals surface area contributed by atoms with Gasteiger partial charge in [-0.1, -0.05) is 24.3 Å². The van der Waals surface area contributed by atoms with Crippen molar-refractivity contribution in [3.63, 3.8) is 0 Å². The minimum Gasteiger partial charge on any atom is -0.497 e. The summed E-state index contributed by atoms with van der Waals surface area (Å²) in [5, 5.41) is 8.32. The summed E-state index contributed by atoms with van der Waals surface area (Å²) in [5.74, 6) is 0.0421. The molecular weight excluding hydrogens is 446 g/mol. The van der Waals surface area contributed by atoms with Gasteiger partial charge in [0.15, 0.2) is 0 Å². The van der Waals surface area contributed by atoms with Gasteiger partial charge in [-0.3, -0.25) is 14.4 Å². The first-order valence-electron chi connectivity index (χ1n) is 10.8. The van der Waals surface area contributed by atoms with E-state index in [0.29, 0.717) is 34.0 Å². The zero-order valence-electron chi connectivity index (χ0n) is 18.9. The van der Waals surface area contributed by atoms with Gasteiger partial charge in [0.2, 0.25) is 0 Å². The summed E-state index contributed by atoms with van der Waals surface area (Å²) in [6, 6.07) is 23.4. The molecule has 0 fully saturated rings. The molecule has 0 saturated carbocycles. The van der Waals surface area contributed by atoms with Gasteiger partial charge >= 0.3 is 0 Å². The van der Waals surface area contributed by atoms with Gasteiger partial charge in [-0.25, -0.2) is 0 Å². The largest absolute Gasteiger partial charge is 0.497 e. The van der Waals surface area contributed by atoms with Crippen LogP contribution in [0.25, 0.3) is 0 Å². The van der Waals surface area contributed by atoms with E-state index < -0.39 is 5.91 Å². The maximum atomic E-state index is 13.1. The molecular formula is C27H23N3O5. The Morgan fingerprint density at radius 3 is 1.91 bits per heavy atom. The second-order valence-electron chi connectivity index (χ2n) is 7.49. The number of para-hydroxylation sites is 2. The van der Waals surface area contributed by atoms with Gasteiger partial charge in [0.05, 0.1) is 42.4 Å². The van der Waals surface area contributed by atoms with Crippen molar-refractivity contribution in [1.82, 2.24) is 5.32 Å². The van der Waals surface area contributed by atoms with Crippen molar-refractivity contribution in [1.29, 1.82) is 0 Å². The van der Waals surface area contributed by atoms with E-state index in [4.69, 9.17) is 9.15 Å². The molecule has 0 aliphatic rings. The minimum atomic E-state index is -0.470. The van der Waals surface area contributed by atoms with Crippen LogP contribution in [0.15, 0.2) is 95.6 Å². The zero-order chi connectivity index (χ0) is 24.6. The van der Waals surface area contributed by atoms with E-state index in [1.54, 1.807) is 92.0 Å². The van der Waals surface area contributed by atoms with Crippen LogP contribution in [0.3, 0.4) is 0 Å². The highest BCUT2D eigenvalue weighted by Gasteiger charge is 2.18. The minimum absolute atomic E-state index is 0.217. The van der Waals surface area contributed by atoms with E-state index in [9.17, 15) is 14.4 Å². The topological polar surface area (TPSA) is 110 Å². The van der Waals surface area contributed by atoms with E-state index in [1.807, 2.05) is 0 Å². The number of nitrogens with one attached hydrogen (secondary N) is 3. The van der Waals surface area contributed by atoms with Crippen LogP contribution in [-0.4, -0.2) is 24.8 Å². The molecule has 4 rings (SSSR count). The van der Waals surface area contributed by atoms with Crippen LogP contribution in [0.5, 0.6) is 5.75 Å². The fourth-order valence-corrected chi connectivity index (χ4v) is 3.38. The molecule has 0 aliphatic heterocycles. The van der Waals surface area contributed by atoms with Gasteiger partial charge < -0.3 is 25.1 Å². The number of ether oxygens (including phenoxy) is 1. The normalized spacial score (nSPS) is 10.3. The van der Waals surface area contributed by atoms with Gasteiger partial charge in [0.25, 0.3) is 17.7 Å². The Morgan fingerprint density at radius 1 is 0.714 bits per heavy atom. The first-order valence-corrected chi connectivity index (χ1v) is 10.8. The number of benzene rings is 3. The van der Waals surface area contributed by atoms with E-state index in [-0.39, 0.29) is 23.9 Å². The van der Waals surface area contributed by atoms with Crippen LogP contribution in [0.1, 0.15) is 36.8 Å². The van der Waals surface area contributed by atoms with Crippen molar-refractivity contribution in [2.45, 2.75) is 6.54 Å². The predicted molar refractivity (Wildman–Crippen MR) is 132 cm³/mol. The predicted octanol–water partition coefficient (Wildman–Crippen LogP) is 4.72. The molecule has 0 atom stereocenters. The second-order valence-corrected chi connectivity index (χ2v) is 7.49. The first-order chi connectivity index (χ1) is 17.0. The lowest BCUT2D eigenvalue weighted by Gasteiger charge is -2.14. The third kappa shape index (κ3) is 5.75. The summed E-state index contributed by atoms with van der Waals surface area (Å²) >= 11 is 0. The molecule has 0 aliphatic carbocycles. The molecule has 0 spiro atoms. The second kappa shape index (κ2) is 10.8. The quantitative estimate of drug-likeness (QED) is 0.346. The van der Waals surface area contributed by atoms with Gasteiger partial charge in [-0.05, 0) is 60.7 Å². The summed E-state index contributed by atoms with van der Waals surface area (Å²) < 4.78 is 10.4. The van der Waals surface area contributed by atoms with Gasteiger partial charge in [-0.15, -0.1) is 0 Å². The average Bonchev–Trinajstić information content (AvgIpc) is 3.42. The molecule has 0 radical (unpaired) electrons. The standard InChI is InChI=1S/C27H23N3O5/c1-34-19-14-12-18(13-15-19)25(31)29-24-11-5-3-9-22(24)27(33)30-23-10-4-2-8-21(23)26(32)28-17-20-7-6-16-35-20/h2-16H,17H2,1H3,(H,28,32)(H,29,31)(H,30,33). The Bertz CT molecular complexity index is 1330. The maximum Gasteiger partial charge on any atom is 0.257 e. The van der Waals surface area contributed by atoms with Crippen LogP contribution in [0.4, 0.5) is 11.4 Å². The van der Waals surface area contributed by atoms with Crippen molar-refractivity contribution >= 4 is 29.1 Å². The number of hydrogen-bond acceptors (Lipinski definition) is 5. The summed E-state index contributed by atoms with van der Waals surface area (Å²) in [4.78, 5) is 38.6. The SMILES string of the molecule is COc1ccc(C(=O)Nc2ccccc2C(=O)Nc2ccccc2C(=O)NCc2ccco2)cc1. The van der Waals surface area contributed by atoms with Gasteiger partial charge in [0, 0.05) is 5.56 Å². The lowest BCUT2D eigenvalue weighted by molar-refractivity contribution is 0.0948. The van der Waals surface area contributed by atoms with Crippen molar-refractivity contribution in [2.75, 3.05) is 17.7 Å². The van der Waals surface area contributed by atoms with Crippen LogP contribution in [-0.2, 0) is 6.54 Å². The van der Waals surface area contributed by atoms with Crippen LogP contribution in [0, 0.1) is 0 Å². The maximum absolute atomic E-state index is 13.1. The number of anilines is 2. The third-order valence-electron chi connectivity index (χ3n) is 5.20. The molecule has 1 aromatic heterocycles. The number of furan rings is 1. The molecule has 3 amide bonds. The van der Waals surface area contributed by atoms with Gasteiger partial charge in [-0.2, -0.15) is 0 Å². The highest BCUT2D eigenvalue weighted by atomic mass is 16.5. The van der Waals surface area contributed by atoms with E-state index in [1.165, 1.54) is 6.26 Å². The Kier molecular flexibility index (Phi) is 7.22. The Morgan fingerprint density at radius 2 is 1.31 bits per heavy atom. The Labute approximate surface area is 201 Å². The number of carbonyl (C=O) groups excluding carboxylic acids is 3. The molecule has 3 N–H and O–H groups in total. The van der Waals surface area contributed by atoms with Crippen molar-refractivity contribution in [3.8, 4) is 5.75 Å².